The van der Waals surface area contributed by atoms with Gasteiger partial charge in [0.25, 0.3) is 5.91 Å². The molecule has 2 heterocycles. The van der Waals surface area contributed by atoms with Crippen molar-refractivity contribution in [1.82, 2.24) is 0 Å². The highest BCUT2D eigenvalue weighted by atomic mass is 35.5. The number of amides is 1. The summed E-state index contributed by atoms with van der Waals surface area (Å²) in [5.41, 5.74) is 4.43. The summed E-state index contributed by atoms with van der Waals surface area (Å²) in [7, 11) is 0. The first-order valence-electron chi connectivity index (χ1n) is 7.53. The Hall–Kier alpha value is -1.75. The van der Waals surface area contributed by atoms with Gasteiger partial charge in [-0.15, -0.1) is 23.1 Å². The van der Waals surface area contributed by atoms with E-state index in [1.807, 2.05) is 30.0 Å². The van der Waals surface area contributed by atoms with E-state index in [0.29, 0.717) is 10.7 Å². The molecular formula is C19H14ClNOS2. The number of carbonyl (C=O) groups excluding carboxylic acids is 1. The van der Waals surface area contributed by atoms with E-state index in [1.54, 1.807) is 23.5 Å². The minimum absolute atomic E-state index is 0.0872. The summed E-state index contributed by atoms with van der Waals surface area (Å²) >= 11 is 9.36. The first-order chi connectivity index (χ1) is 11.6. The van der Waals surface area contributed by atoms with Crippen LogP contribution in [0.1, 0.15) is 20.8 Å². The third-order valence-electron chi connectivity index (χ3n) is 3.88. The van der Waals surface area contributed by atoms with Crippen LogP contribution in [0, 0.1) is 6.92 Å². The number of thioether (sulfide) groups is 1. The molecule has 1 aromatic heterocycles. The molecule has 5 heteroatoms. The van der Waals surface area contributed by atoms with E-state index in [1.165, 1.54) is 26.5 Å². The van der Waals surface area contributed by atoms with E-state index < -0.39 is 0 Å². The van der Waals surface area contributed by atoms with Crippen molar-refractivity contribution < 1.29 is 4.79 Å². The topological polar surface area (TPSA) is 29.1 Å². The minimum Gasteiger partial charge on any atom is -0.321 e. The van der Waals surface area contributed by atoms with E-state index >= 15 is 0 Å². The van der Waals surface area contributed by atoms with Gasteiger partial charge in [-0.1, -0.05) is 29.3 Å². The van der Waals surface area contributed by atoms with Crippen molar-refractivity contribution in [2.24, 2.45) is 0 Å². The molecule has 1 aliphatic rings. The maximum atomic E-state index is 12.6. The van der Waals surface area contributed by atoms with Crippen LogP contribution in [0.3, 0.4) is 0 Å². The van der Waals surface area contributed by atoms with Crippen LogP contribution in [0.2, 0.25) is 5.02 Å². The second-order valence-corrected chi connectivity index (χ2v) is 8.22. The number of aryl methyl sites for hydroxylation is 1. The summed E-state index contributed by atoms with van der Waals surface area (Å²) < 4.78 is 0. The van der Waals surface area contributed by atoms with Gasteiger partial charge in [0.15, 0.2) is 0 Å². The van der Waals surface area contributed by atoms with Gasteiger partial charge in [-0.3, -0.25) is 4.79 Å². The van der Waals surface area contributed by atoms with E-state index in [2.05, 4.69) is 30.4 Å². The average Bonchev–Trinajstić information content (AvgIpc) is 2.99. The Bertz CT molecular complexity index is 948. The molecule has 0 saturated heterocycles. The lowest BCUT2D eigenvalue weighted by atomic mass is 10.1. The van der Waals surface area contributed by atoms with Crippen LogP contribution in [-0.2, 0) is 5.75 Å². The van der Waals surface area contributed by atoms with Crippen LogP contribution in [-0.4, -0.2) is 5.91 Å². The molecule has 2 nitrogen and oxygen atoms in total. The van der Waals surface area contributed by atoms with Crippen molar-refractivity contribution in [3.05, 3.63) is 69.6 Å². The number of benzene rings is 2. The lowest BCUT2D eigenvalue weighted by Gasteiger charge is -2.15. The second-order valence-electron chi connectivity index (χ2n) is 5.72. The SMILES string of the molecule is Cc1ccc2c(c1)-c1sc(C(=O)Nc3cccc(Cl)c3)cc1CS2. The minimum atomic E-state index is -0.0872. The molecule has 2 aromatic carbocycles. The Kier molecular flexibility index (Phi) is 4.12. The summed E-state index contributed by atoms with van der Waals surface area (Å²) in [6.07, 6.45) is 0. The number of rotatable bonds is 2. The molecular weight excluding hydrogens is 358 g/mol. The summed E-state index contributed by atoms with van der Waals surface area (Å²) in [6, 6.07) is 15.7. The van der Waals surface area contributed by atoms with E-state index in [0.717, 1.165) is 10.6 Å². The molecule has 3 aromatic rings. The van der Waals surface area contributed by atoms with Crippen molar-refractivity contribution in [3.63, 3.8) is 0 Å². The Labute approximate surface area is 153 Å². The molecule has 0 spiro atoms. The van der Waals surface area contributed by atoms with Gasteiger partial charge >= 0.3 is 0 Å². The Balaban J connectivity index is 1.66. The molecule has 0 aliphatic carbocycles. The molecule has 0 radical (unpaired) electrons. The van der Waals surface area contributed by atoms with Gasteiger partial charge < -0.3 is 5.32 Å². The average molecular weight is 372 g/mol. The van der Waals surface area contributed by atoms with Crippen LogP contribution in [0.15, 0.2) is 53.4 Å². The monoisotopic (exact) mass is 371 g/mol. The van der Waals surface area contributed by atoms with Crippen LogP contribution >= 0.6 is 34.7 Å². The number of nitrogens with one attached hydrogen (secondary N) is 1. The van der Waals surface area contributed by atoms with Crippen LogP contribution in [0.5, 0.6) is 0 Å². The van der Waals surface area contributed by atoms with Crippen LogP contribution in [0.25, 0.3) is 10.4 Å². The third kappa shape index (κ3) is 2.97. The number of fused-ring (bicyclic) bond motifs is 3. The highest BCUT2D eigenvalue weighted by Crippen LogP contribution is 2.46. The molecule has 0 atom stereocenters. The van der Waals surface area contributed by atoms with Gasteiger partial charge in [-0.25, -0.2) is 0 Å². The quantitative estimate of drug-likeness (QED) is 0.578. The van der Waals surface area contributed by atoms with Gasteiger partial charge in [-0.05, 0) is 48.9 Å². The van der Waals surface area contributed by atoms with E-state index in [4.69, 9.17) is 11.6 Å². The normalized spacial score (nSPS) is 12.4. The van der Waals surface area contributed by atoms with Gasteiger partial charge in [0.1, 0.15) is 0 Å². The first kappa shape index (κ1) is 15.8. The summed E-state index contributed by atoms with van der Waals surface area (Å²) in [5.74, 6) is 0.822. The number of hydrogen-bond acceptors (Lipinski definition) is 3. The predicted molar refractivity (Wildman–Crippen MR) is 103 cm³/mol. The molecule has 4 rings (SSSR count). The lowest BCUT2D eigenvalue weighted by molar-refractivity contribution is 0.103. The van der Waals surface area contributed by atoms with Gasteiger partial charge in [0.05, 0.1) is 4.88 Å². The molecule has 0 bridgehead atoms. The largest absolute Gasteiger partial charge is 0.321 e. The van der Waals surface area contributed by atoms with E-state index in [-0.39, 0.29) is 5.91 Å². The molecule has 0 fully saturated rings. The molecule has 1 N–H and O–H groups in total. The maximum absolute atomic E-state index is 12.6. The standard InChI is InChI=1S/C19H14ClNOS2/c1-11-5-6-16-15(7-11)18-12(10-23-16)8-17(24-18)19(22)21-14-4-2-3-13(20)9-14/h2-9H,10H2,1H3,(H,21,22). The second kappa shape index (κ2) is 6.28. The number of carbonyl (C=O) groups is 1. The van der Waals surface area contributed by atoms with Crippen LogP contribution in [0.4, 0.5) is 5.69 Å². The number of halogens is 1. The predicted octanol–water partition coefficient (Wildman–Crippen LogP) is 6.23. The van der Waals surface area contributed by atoms with Crippen molar-refractivity contribution in [2.75, 3.05) is 5.32 Å². The van der Waals surface area contributed by atoms with Crippen molar-refractivity contribution >= 4 is 46.3 Å². The molecule has 24 heavy (non-hydrogen) atoms. The highest BCUT2D eigenvalue weighted by molar-refractivity contribution is 7.98. The van der Waals surface area contributed by atoms with E-state index in [9.17, 15) is 4.79 Å². The molecule has 1 amide bonds. The third-order valence-corrected chi connectivity index (χ3v) is 6.44. The summed E-state index contributed by atoms with van der Waals surface area (Å²) in [5, 5.41) is 3.53. The zero-order valence-corrected chi connectivity index (χ0v) is 15.3. The fourth-order valence-corrected chi connectivity index (χ4v) is 5.21. The molecule has 120 valence electrons. The Morgan fingerprint density at radius 2 is 2.04 bits per heavy atom. The lowest BCUT2D eigenvalue weighted by Crippen LogP contribution is -2.09. The van der Waals surface area contributed by atoms with Crippen molar-refractivity contribution in [2.45, 2.75) is 17.6 Å². The smallest absolute Gasteiger partial charge is 0.265 e. The van der Waals surface area contributed by atoms with Crippen molar-refractivity contribution in [3.8, 4) is 10.4 Å². The first-order valence-corrected chi connectivity index (χ1v) is 9.71. The number of thiophene rings is 1. The Morgan fingerprint density at radius 3 is 2.88 bits per heavy atom. The highest BCUT2D eigenvalue weighted by Gasteiger charge is 2.22. The summed E-state index contributed by atoms with van der Waals surface area (Å²) in [4.78, 5) is 15.8. The van der Waals surface area contributed by atoms with Gasteiger partial charge in [0, 0.05) is 31.8 Å². The number of hydrogen-bond donors (Lipinski definition) is 1. The molecule has 1 aliphatic heterocycles. The van der Waals surface area contributed by atoms with Crippen LogP contribution < -0.4 is 5.32 Å². The molecule has 0 unspecified atom stereocenters. The number of anilines is 1. The summed E-state index contributed by atoms with van der Waals surface area (Å²) in [6.45, 7) is 2.10. The Morgan fingerprint density at radius 1 is 1.17 bits per heavy atom. The van der Waals surface area contributed by atoms with Gasteiger partial charge in [-0.2, -0.15) is 0 Å². The zero-order chi connectivity index (χ0) is 16.7. The van der Waals surface area contributed by atoms with Gasteiger partial charge in [0.2, 0.25) is 0 Å². The van der Waals surface area contributed by atoms with Crippen molar-refractivity contribution in [1.29, 1.82) is 0 Å². The zero-order valence-electron chi connectivity index (χ0n) is 12.9. The molecule has 0 saturated carbocycles. The fourth-order valence-electron chi connectivity index (χ4n) is 2.74. The maximum Gasteiger partial charge on any atom is 0.265 e. The fraction of sp³-hybridized carbons (Fsp3) is 0.105.